The third-order valence-corrected chi connectivity index (χ3v) is 3.44. The lowest BCUT2D eigenvalue weighted by molar-refractivity contribution is 0.244. The fourth-order valence-electron chi connectivity index (χ4n) is 2.17. The number of urea groups is 1. The van der Waals surface area contributed by atoms with E-state index in [0.29, 0.717) is 6.54 Å². The van der Waals surface area contributed by atoms with E-state index in [4.69, 9.17) is 0 Å². The number of carbonyl (C=O) groups excluding carboxylic acids is 1. The lowest BCUT2D eigenvalue weighted by atomic mass is 10.1. The van der Waals surface area contributed by atoms with E-state index in [0.717, 1.165) is 18.4 Å². The van der Waals surface area contributed by atoms with Crippen molar-refractivity contribution in [1.29, 1.82) is 0 Å². The van der Waals surface area contributed by atoms with Gasteiger partial charge in [0.2, 0.25) is 0 Å². The molecule has 0 heterocycles. The molecule has 0 saturated heterocycles. The molecule has 0 aliphatic rings. The molecule has 0 atom stereocenters. The number of rotatable bonds is 6. The van der Waals surface area contributed by atoms with Crippen LogP contribution in [0.1, 0.15) is 23.1 Å². The van der Waals surface area contributed by atoms with Crippen molar-refractivity contribution in [3.63, 3.8) is 0 Å². The molecule has 2 rings (SSSR count). The number of hydrogen-bond donors (Lipinski definition) is 2. The van der Waals surface area contributed by atoms with E-state index in [1.807, 2.05) is 55.5 Å². The zero-order chi connectivity index (χ0) is 15.6. The smallest absolute Gasteiger partial charge is 0.318 e. The highest BCUT2D eigenvalue weighted by Crippen LogP contribution is 2.07. The molecule has 0 aromatic heterocycles. The first kappa shape index (κ1) is 15.8. The van der Waals surface area contributed by atoms with Crippen molar-refractivity contribution in [1.82, 2.24) is 10.6 Å². The molecule has 22 heavy (non-hydrogen) atoms. The summed E-state index contributed by atoms with van der Waals surface area (Å²) < 4.78 is 0. The van der Waals surface area contributed by atoms with Gasteiger partial charge < -0.3 is 10.6 Å². The summed E-state index contributed by atoms with van der Waals surface area (Å²) in [6.07, 6.45) is 5.48. The Kier molecular flexibility index (Phi) is 6.24. The zero-order valence-corrected chi connectivity index (χ0v) is 12.9. The number of aryl methyl sites for hydroxylation is 2. The highest BCUT2D eigenvalue weighted by atomic mass is 16.2. The normalized spacial score (nSPS) is 10.6. The largest absolute Gasteiger partial charge is 0.338 e. The van der Waals surface area contributed by atoms with E-state index in [2.05, 4.69) is 22.8 Å². The van der Waals surface area contributed by atoms with Crippen LogP contribution in [0.15, 0.2) is 60.8 Å². The molecular weight excluding hydrogens is 272 g/mol. The maximum atomic E-state index is 11.7. The summed E-state index contributed by atoms with van der Waals surface area (Å²) in [7, 11) is 0. The second-order valence-corrected chi connectivity index (χ2v) is 5.18. The van der Waals surface area contributed by atoms with Crippen molar-refractivity contribution in [3.8, 4) is 0 Å². The van der Waals surface area contributed by atoms with Gasteiger partial charge in [0, 0.05) is 12.7 Å². The number of amides is 2. The highest BCUT2D eigenvalue weighted by Gasteiger charge is 1.97. The minimum absolute atomic E-state index is 0.169. The van der Waals surface area contributed by atoms with Crippen molar-refractivity contribution in [2.45, 2.75) is 19.8 Å². The SMILES string of the molecule is Cc1ccccc1/C=C/NC(=O)NCCCc1ccccc1. The molecule has 0 spiro atoms. The maximum absolute atomic E-state index is 11.7. The number of carbonyl (C=O) groups is 1. The van der Waals surface area contributed by atoms with Crippen LogP contribution < -0.4 is 10.6 Å². The van der Waals surface area contributed by atoms with Gasteiger partial charge in [-0.15, -0.1) is 0 Å². The molecule has 0 aliphatic carbocycles. The predicted octanol–water partition coefficient (Wildman–Crippen LogP) is 3.90. The van der Waals surface area contributed by atoms with Crippen molar-refractivity contribution < 1.29 is 4.79 Å². The average Bonchev–Trinajstić information content (AvgIpc) is 2.54. The van der Waals surface area contributed by atoms with Gasteiger partial charge in [-0.05, 0) is 42.5 Å². The van der Waals surface area contributed by atoms with E-state index in [1.54, 1.807) is 6.20 Å². The Labute approximate surface area is 132 Å². The van der Waals surface area contributed by atoms with Crippen molar-refractivity contribution in [2.24, 2.45) is 0 Å². The Morgan fingerprint density at radius 2 is 1.77 bits per heavy atom. The van der Waals surface area contributed by atoms with E-state index in [9.17, 15) is 4.79 Å². The fraction of sp³-hybridized carbons (Fsp3) is 0.211. The van der Waals surface area contributed by atoms with Crippen LogP contribution in [0, 0.1) is 6.92 Å². The Hall–Kier alpha value is -2.55. The molecule has 3 heteroatoms. The number of nitrogens with one attached hydrogen (secondary N) is 2. The second-order valence-electron chi connectivity index (χ2n) is 5.18. The van der Waals surface area contributed by atoms with Gasteiger partial charge in [-0.2, -0.15) is 0 Å². The van der Waals surface area contributed by atoms with E-state index < -0.39 is 0 Å². The standard InChI is InChI=1S/C19H22N2O/c1-16-8-5-6-12-18(16)13-15-21-19(22)20-14-7-11-17-9-3-2-4-10-17/h2-6,8-10,12-13,15H,7,11,14H2,1H3,(H2,20,21,22)/b15-13+. The monoisotopic (exact) mass is 294 g/mol. The van der Waals surface area contributed by atoms with Crippen molar-refractivity contribution in [3.05, 3.63) is 77.5 Å². The molecule has 0 aliphatic heterocycles. The molecule has 0 radical (unpaired) electrons. The minimum atomic E-state index is -0.169. The van der Waals surface area contributed by atoms with Gasteiger partial charge in [-0.1, -0.05) is 54.6 Å². The topological polar surface area (TPSA) is 41.1 Å². The van der Waals surface area contributed by atoms with Crippen LogP contribution >= 0.6 is 0 Å². The van der Waals surface area contributed by atoms with Crippen LogP contribution in [0.5, 0.6) is 0 Å². The number of benzene rings is 2. The van der Waals surface area contributed by atoms with E-state index >= 15 is 0 Å². The van der Waals surface area contributed by atoms with Gasteiger partial charge in [0.25, 0.3) is 0 Å². The first-order valence-electron chi connectivity index (χ1n) is 7.56. The fourth-order valence-corrected chi connectivity index (χ4v) is 2.17. The van der Waals surface area contributed by atoms with Crippen molar-refractivity contribution >= 4 is 12.1 Å². The molecule has 2 amide bonds. The summed E-state index contributed by atoms with van der Waals surface area (Å²) in [6.45, 7) is 2.71. The van der Waals surface area contributed by atoms with Gasteiger partial charge >= 0.3 is 6.03 Å². The third-order valence-electron chi connectivity index (χ3n) is 3.44. The van der Waals surface area contributed by atoms with Gasteiger partial charge in [0.05, 0.1) is 0 Å². The lowest BCUT2D eigenvalue weighted by Crippen LogP contribution is -2.32. The molecule has 0 saturated carbocycles. The first-order valence-corrected chi connectivity index (χ1v) is 7.56. The summed E-state index contributed by atoms with van der Waals surface area (Å²) in [5.41, 5.74) is 3.58. The lowest BCUT2D eigenvalue weighted by Gasteiger charge is -2.05. The molecule has 0 unspecified atom stereocenters. The Bertz CT molecular complexity index is 620. The van der Waals surface area contributed by atoms with Gasteiger partial charge in [0.15, 0.2) is 0 Å². The summed E-state index contributed by atoms with van der Waals surface area (Å²) in [5.74, 6) is 0. The van der Waals surface area contributed by atoms with Crippen LogP contribution in [0.3, 0.4) is 0 Å². The second kappa shape index (κ2) is 8.67. The maximum Gasteiger partial charge on any atom is 0.318 e. The Morgan fingerprint density at radius 3 is 2.55 bits per heavy atom. The van der Waals surface area contributed by atoms with Crippen LogP contribution in [0.4, 0.5) is 4.79 Å². The van der Waals surface area contributed by atoms with Gasteiger partial charge in [0.1, 0.15) is 0 Å². The van der Waals surface area contributed by atoms with E-state index in [-0.39, 0.29) is 6.03 Å². The zero-order valence-electron chi connectivity index (χ0n) is 12.9. The summed E-state index contributed by atoms with van der Waals surface area (Å²) in [5, 5.41) is 5.58. The molecule has 0 bridgehead atoms. The molecule has 2 aromatic carbocycles. The Morgan fingerprint density at radius 1 is 1.05 bits per heavy atom. The average molecular weight is 294 g/mol. The van der Waals surface area contributed by atoms with Gasteiger partial charge in [-0.3, -0.25) is 0 Å². The first-order chi connectivity index (χ1) is 10.8. The minimum Gasteiger partial charge on any atom is -0.338 e. The van der Waals surface area contributed by atoms with Crippen LogP contribution in [0.25, 0.3) is 6.08 Å². The van der Waals surface area contributed by atoms with Crippen molar-refractivity contribution in [2.75, 3.05) is 6.54 Å². The molecule has 0 fully saturated rings. The highest BCUT2D eigenvalue weighted by molar-refractivity contribution is 5.75. The van der Waals surface area contributed by atoms with Gasteiger partial charge in [-0.25, -0.2) is 4.79 Å². The quantitative estimate of drug-likeness (QED) is 0.780. The molecular formula is C19H22N2O. The summed E-state index contributed by atoms with van der Waals surface area (Å²) >= 11 is 0. The Balaban J connectivity index is 1.65. The predicted molar refractivity (Wildman–Crippen MR) is 91.5 cm³/mol. The molecule has 2 N–H and O–H groups in total. The molecule has 114 valence electrons. The molecule has 3 nitrogen and oxygen atoms in total. The summed E-state index contributed by atoms with van der Waals surface area (Å²) in [6, 6.07) is 18.2. The molecule has 2 aromatic rings. The van der Waals surface area contributed by atoms with Crippen LogP contribution in [-0.4, -0.2) is 12.6 Å². The summed E-state index contributed by atoms with van der Waals surface area (Å²) in [4.78, 5) is 11.7. The van der Waals surface area contributed by atoms with Crippen LogP contribution in [-0.2, 0) is 6.42 Å². The van der Waals surface area contributed by atoms with Crippen LogP contribution in [0.2, 0.25) is 0 Å². The number of hydrogen-bond acceptors (Lipinski definition) is 1. The third kappa shape index (κ3) is 5.44. The van der Waals surface area contributed by atoms with E-state index in [1.165, 1.54) is 11.1 Å².